The Hall–Kier alpha value is -1.44. The molecule has 0 aliphatic carbocycles. The van der Waals surface area contributed by atoms with Crippen LogP contribution in [0.25, 0.3) is 11.0 Å². The molecule has 0 N–H and O–H groups in total. The first-order valence-corrected chi connectivity index (χ1v) is 6.91. The molecule has 0 aromatic carbocycles. The molecule has 0 saturated heterocycles. The van der Waals surface area contributed by atoms with Crippen LogP contribution in [0.3, 0.4) is 0 Å². The Bertz CT molecular complexity index is 586. The lowest BCUT2D eigenvalue weighted by atomic mass is 9.88. The number of rotatable bonds is 1. The van der Waals surface area contributed by atoms with E-state index in [2.05, 4.69) is 64.7 Å². The van der Waals surface area contributed by atoms with Gasteiger partial charge in [0.2, 0.25) is 0 Å². The number of hydrogen-bond acceptors (Lipinski definition) is 2. The van der Waals surface area contributed by atoms with Gasteiger partial charge in [0.15, 0.2) is 0 Å². The summed E-state index contributed by atoms with van der Waals surface area (Å²) < 4.78 is 0. The van der Waals surface area contributed by atoms with Crippen LogP contribution in [0.15, 0.2) is 24.4 Å². The fourth-order valence-electron chi connectivity index (χ4n) is 2.18. The van der Waals surface area contributed by atoms with Crippen molar-refractivity contribution in [3.05, 3.63) is 35.7 Å². The summed E-state index contributed by atoms with van der Waals surface area (Å²) in [5.41, 5.74) is 4.72. The van der Waals surface area contributed by atoms with Crippen molar-refractivity contribution in [3.8, 4) is 0 Å². The van der Waals surface area contributed by atoms with Crippen molar-refractivity contribution in [1.29, 1.82) is 0 Å². The highest BCUT2D eigenvalue weighted by molar-refractivity contribution is 5.74. The van der Waals surface area contributed by atoms with E-state index in [1.54, 1.807) is 0 Å². The van der Waals surface area contributed by atoms with Gasteiger partial charge in [0, 0.05) is 17.3 Å². The Morgan fingerprint density at radius 1 is 0.947 bits per heavy atom. The van der Waals surface area contributed by atoms with E-state index in [1.165, 1.54) is 5.56 Å². The third-order valence-electron chi connectivity index (χ3n) is 3.10. The Labute approximate surface area is 116 Å². The molecule has 0 aliphatic heterocycles. The Balaban J connectivity index is 2.46. The van der Waals surface area contributed by atoms with Crippen LogP contribution < -0.4 is 0 Å². The summed E-state index contributed by atoms with van der Waals surface area (Å²) in [7, 11) is 0. The molecule has 0 saturated carbocycles. The average molecular weight is 256 g/mol. The Kier molecular flexibility index (Phi) is 3.38. The summed E-state index contributed by atoms with van der Waals surface area (Å²) in [6.45, 7) is 13.3. The molecule has 0 amide bonds. The van der Waals surface area contributed by atoms with Crippen LogP contribution in [-0.4, -0.2) is 9.97 Å². The third-order valence-corrected chi connectivity index (χ3v) is 3.10. The minimum atomic E-state index is 0.0776. The molecule has 0 atom stereocenters. The summed E-state index contributed by atoms with van der Waals surface area (Å²) in [6, 6.07) is 6.34. The van der Waals surface area contributed by atoms with Crippen LogP contribution in [0.5, 0.6) is 0 Å². The van der Waals surface area contributed by atoms with E-state index >= 15 is 0 Å². The number of nitrogens with zero attached hydrogens (tertiary/aromatic N) is 2. The van der Waals surface area contributed by atoms with Crippen LogP contribution >= 0.6 is 0 Å². The zero-order chi connectivity index (χ0) is 14.3. The normalized spacial score (nSPS) is 12.9. The number of pyridine rings is 2. The van der Waals surface area contributed by atoms with Crippen LogP contribution in [-0.2, 0) is 11.8 Å². The molecule has 2 rings (SSSR count). The van der Waals surface area contributed by atoms with Crippen molar-refractivity contribution in [3.63, 3.8) is 0 Å². The Morgan fingerprint density at radius 3 is 2.21 bits per heavy atom. The molecule has 0 bridgehead atoms. The van der Waals surface area contributed by atoms with Crippen LogP contribution in [0.1, 0.15) is 52.8 Å². The topological polar surface area (TPSA) is 25.8 Å². The van der Waals surface area contributed by atoms with Crippen molar-refractivity contribution >= 4 is 11.0 Å². The van der Waals surface area contributed by atoms with E-state index < -0.39 is 0 Å². The second-order valence-electron chi connectivity index (χ2n) is 7.57. The van der Waals surface area contributed by atoms with E-state index in [0.29, 0.717) is 0 Å². The van der Waals surface area contributed by atoms with Gasteiger partial charge in [0.1, 0.15) is 0 Å². The van der Waals surface area contributed by atoms with Crippen LogP contribution in [0.4, 0.5) is 0 Å². The van der Waals surface area contributed by atoms with Crippen LogP contribution in [0, 0.1) is 5.41 Å². The average Bonchev–Trinajstić information content (AvgIpc) is 2.24. The van der Waals surface area contributed by atoms with Crippen LogP contribution in [0.2, 0.25) is 0 Å². The van der Waals surface area contributed by atoms with Crippen molar-refractivity contribution in [2.75, 3.05) is 0 Å². The van der Waals surface area contributed by atoms with Gasteiger partial charge in [-0.1, -0.05) is 41.5 Å². The fraction of sp³-hybridized carbons (Fsp3) is 0.529. The molecule has 0 fully saturated rings. The molecule has 2 aromatic rings. The largest absolute Gasteiger partial charge is 0.254 e. The first-order chi connectivity index (χ1) is 8.65. The van der Waals surface area contributed by atoms with Gasteiger partial charge in [-0.15, -0.1) is 0 Å². The molecule has 19 heavy (non-hydrogen) atoms. The van der Waals surface area contributed by atoms with Gasteiger partial charge in [-0.25, -0.2) is 0 Å². The molecule has 0 spiro atoms. The molecular formula is C17H24N2. The zero-order valence-corrected chi connectivity index (χ0v) is 12.9. The van der Waals surface area contributed by atoms with Gasteiger partial charge in [-0.05, 0) is 35.6 Å². The lowest BCUT2D eigenvalue weighted by molar-refractivity contribution is 0.411. The maximum absolute atomic E-state index is 4.77. The van der Waals surface area contributed by atoms with E-state index in [-0.39, 0.29) is 10.8 Å². The smallest absolute Gasteiger partial charge is 0.0892 e. The summed E-state index contributed by atoms with van der Waals surface area (Å²) in [5, 5.41) is 0. The van der Waals surface area contributed by atoms with Gasteiger partial charge in [0.05, 0.1) is 11.0 Å². The molecule has 0 radical (unpaired) electrons. The highest BCUT2D eigenvalue weighted by Crippen LogP contribution is 2.25. The minimum absolute atomic E-state index is 0.0776. The monoisotopic (exact) mass is 256 g/mol. The van der Waals surface area contributed by atoms with Crippen molar-refractivity contribution in [2.24, 2.45) is 5.41 Å². The van der Waals surface area contributed by atoms with E-state index in [9.17, 15) is 0 Å². The van der Waals surface area contributed by atoms with E-state index in [0.717, 1.165) is 23.1 Å². The van der Waals surface area contributed by atoms with Gasteiger partial charge in [0.25, 0.3) is 0 Å². The molecule has 102 valence electrons. The molecule has 0 aliphatic rings. The lowest BCUT2D eigenvalue weighted by Gasteiger charge is -2.19. The van der Waals surface area contributed by atoms with Crippen molar-refractivity contribution < 1.29 is 0 Å². The number of hydrogen-bond donors (Lipinski definition) is 0. The Morgan fingerprint density at radius 2 is 1.63 bits per heavy atom. The van der Waals surface area contributed by atoms with Gasteiger partial charge in [-0.3, -0.25) is 9.97 Å². The molecule has 2 nitrogen and oxygen atoms in total. The lowest BCUT2D eigenvalue weighted by Crippen LogP contribution is -2.13. The third kappa shape index (κ3) is 3.52. The maximum atomic E-state index is 4.77. The quantitative estimate of drug-likeness (QED) is 0.750. The highest BCUT2D eigenvalue weighted by Gasteiger charge is 2.16. The second-order valence-corrected chi connectivity index (χ2v) is 7.57. The summed E-state index contributed by atoms with van der Waals surface area (Å²) in [5.74, 6) is 0. The fourth-order valence-corrected chi connectivity index (χ4v) is 2.18. The summed E-state index contributed by atoms with van der Waals surface area (Å²) in [4.78, 5) is 9.30. The standard InChI is InChI=1S/C17H24N2/c1-16(2,3)10-12-9-14-13(18-11-12)7-8-15(19-14)17(4,5)6/h7-9,11H,10H2,1-6H3. The molecule has 2 heteroatoms. The highest BCUT2D eigenvalue weighted by atomic mass is 14.8. The summed E-state index contributed by atoms with van der Waals surface area (Å²) in [6.07, 6.45) is 3.00. The predicted octanol–water partition coefficient (Wildman–Crippen LogP) is 4.52. The van der Waals surface area contributed by atoms with E-state index in [4.69, 9.17) is 4.98 Å². The molecular weight excluding hydrogens is 232 g/mol. The van der Waals surface area contributed by atoms with E-state index in [1.807, 2.05) is 6.20 Å². The van der Waals surface area contributed by atoms with Gasteiger partial charge in [-0.2, -0.15) is 0 Å². The summed E-state index contributed by atoms with van der Waals surface area (Å²) >= 11 is 0. The minimum Gasteiger partial charge on any atom is -0.254 e. The SMILES string of the molecule is CC(C)(C)Cc1cnc2ccc(C(C)(C)C)nc2c1. The van der Waals surface area contributed by atoms with Crippen molar-refractivity contribution in [2.45, 2.75) is 53.4 Å². The second kappa shape index (κ2) is 4.59. The molecule has 2 heterocycles. The first kappa shape index (κ1) is 14.0. The van der Waals surface area contributed by atoms with Gasteiger partial charge >= 0.3 is 0 Å². The van der Waals surface area contributed by atoms with Crippen molar-refractivity contribution in [1.82, 2.24) is 9.97 Å². The predicted molar refractivity (Wildman–Crippen MR) is 81.4 cm³/mol. The molecule has 0 unspecified atom stereocenters. The number of aromatic nitrogens is 2. The molecule has 2 aromatic heterocycles. The zero-order valence-electron chi connectivity index (χ0n) is 12.9. The maximum Gasteiger partial charge on any atom is 0.0892 e. The van der Waals surface area contributed by atoms with Gasteiger partial charge < -0.3 is 0 Å². The number of fused-ring (bicyclic) bond motifs is 1. The first-order valence-electron chi connectivity index (χ1n) is 6.91.